The van der Waals surface area contributed by atoms with Crippen LogP contribution in [0.2, 0.25) is 0 Å². The van der Waals surface area contributed by atoms with E-state index in [1.165, 1.54) is 12.1 Å². The Morgan fingerprint density at radius 3 is 2.05 bits per heavy atom. The molecule has 0 bridgehead atoms. The average molecular weight is 306 g/mol. The summed E-state index contributed by atoms with van der Waals surface area (Å²) in [4.78, 5) is 0.194. The summed E-state index contributed by atoms with van der Waals surface area (Å²) in [6.07, 6.45) is 0.549. The van der Waals surface area contributed by atoms with Crippen molar-refractivity contribution >= 4 is 15.7 Å². The van der Waals surface area contributed by atoms with E-state index in [0.29, 0.717) is 18.7 Å². The predicted molar refractivity (Wildman–Crippen MR) is 82.4 cm³/mol. The molecule has 6 heteroatoms. The number of sulfonamides is 1. The molecule has 0 atom stereocenters. The molecule has 2 aromatic carbocycles. The maximum absolute atomic E-state index is 12.2. The van der Waals surface area contributed by atoms with Crippen molar-refractivity contribution in [2.45, 2.75) is 17.9 Å². The minimum absolute atomic E-state index is 0.0680. The van der Waals surface area contributed by atoms with Gasteiger partial charge in [0, 0.05) is 18.8 Å². The van der Waals surface area contributed by atoms with E-state index in [0.717, 1.165) is 11.1 Å². The fourth-order valence-corrected chi connectivity index (χ4v) is 2.95. The lowest BCUT2D eigenvalue weighted by Crippen LogP contribution is -2.13. The summed E-state index contributed by atoms with van der Waals surface area (Å²) < 4.78 is 27.0. The summed E-state index contributed by atoms with van der Waals surface area (Å²) in [5.41, 5.74) is 7.80. The number of aliphatic hydroxyl groups is 1. The van der Waals surface area contributed by atoms with Crippen molar-refractivity contribution in [1.82, 2.24) is 0 Å². The first-order valence-corrected chi connectivity index (χ1v) is 8.05. The minimum atomic E-state index is -3.60. The molecule has 0 spiro atoms. The first kappa shape index (κ1) is 15.5. The van der Waals surface area contributed by atoms with Crippen molar-refractivity contribution in [3.05, 3.63) is 59.7 Å². The van der Waals surface area contributed by atoms with Crippen LogP contribution in [0, 0.1) is 0 Å². The van der Waals surface area contributed by atoms with Crippen LogP contribution < -0.4 is 10.5 Å². The van der Waals surface area contributed by atoms with Crippen LogP contribution in [0.1, 0.15) is 11.1 Å². The topological polar surface area (TPSA) is 92.4 Å². The van der Waals surface area contributed by atoms with Gasteiger partial charge >= 0.3 is 0 Å². The number of hydrogen-bond acceptors (Lipinski definition) is 4. The van der Waals surface area contributed by atoms with E-state index in [9.17, 15) is 8.42 Å². The Morgan fingerprint density at radius 1 is 0.952 bits per heavy atom. The molecule has 5 nitrogen and oxygen atoms in total. The molecule has 2 aromatic rings. The van der Waals surface area contributed by atoms with Crippen LogP contribution in [0.5, 0.6) is 0 Å². The summed E-state index contributed by atoms with van der Waals surface area (Å²) >= 11 is 0. The molecule has 0 saturated heterocycles. The van der Waals surface area contributed by atoms with Gasteiger partial charge in [0.2, 0.25) is 0 Å². The fourth-order valence-electron chi connectivity index (χ4n) is 1.89. The highest BCUT2D eigenvalue weighted by Crippen LogP contribution is 2.17. The standard InChI is InChI=1S/C15H18N2O3S/c16-11-13-3-7-15(8-4-13)21(19,20)17-14-5-1-12(2-6-14)9-10-18/h1-8,17-18H,9-11,16H2. The van der Waals surface area contributed by atoms with Crippen LogP contribution in [0.25, 0.3) is 0 Å². The highest BCUT2D eigenvalue weighted by Gasteiger charge is 2.13. The van der Waals surface area contributed by atoms with Gasteiger partial charge in [-0.3, -0.25) is 4.72 Å². The molecule has 21 heavy (non-hydrogen) atoms. The van der Waals surface area contributed by atoms with Gasteiger partial charge in [0.15, 0.2) is 0 Å². The molecule has 0 saturated carbocycles. The Hall–Kier alpha value is -1.89. The molecule has 0 aliphatic carbocycles. The number of rotatable bonds is 6. The number of aliphatic hydroxyl groups excluding tert-OH is 1. The summed E-state index contributed by atoms with van der Waals surface area (Å²) in [6, 6.07) is 13.4. The molecule has 112 valence electrons. The molecule has 0 aromatic heterocycles. The van der Waals surface area contributed by atoms with Crippen molar-refractivity contribution in [2.75, 3.05) is 11.3 Å². The van der Waals surface area contributed by atoms with Gasteiger partial charge in [0.1, 0.15) is 0 Å². The Morgan fingerprint density at radius 2 is 1.52 bits per heavy atom. The van der Waals surface area contributed by atoms with E-state index in [4.69, 9.17) is 10.8 Å². The van der Waals surface area contributed by atoms with Gasteiger partial charge in [-0.2, -0.15) is 0 Å². The second-order valence-electron chi connectivity index (χ2n) is 4.62. The molecule has 0 aliphatic rings. The van der Waals surface area contributed by atoms with Crippen molar-refractivity contribution in [3.63, 3.8) is 0 Å². The summed E-state index contributed by atoms with van der Waals surface area (Å²) in [5, 5.41) is 8.85. The van der Waals surface area contributed by atoms with Gasteiger partial charge in [0.05, 0.1) is 4.90 Å². The lowest BCUT2D eigenvalue weighted by molar-refractivity contribution is 0.299. The second-order valence-corrected chi connectivity index (χ2v) is 6.31. The number of hydrogen-bond donors (Lipinski definition) is 3. The molecule has 0 unspecified atom stereocenters. The zero-order valence-electron chi connectivity index (χ0n) is 11.5. The van der Waals surface area contributed by atoms with Gasteiger partial charge in [-0.15, -0.1) is 0 Å². The molecule has 0 fully saturated rings. The molecule has 0 radical (unpaired) electrons. The van der Waals surface area contributed by atoms with E-state index in [1.54, 1.807) is 36.4 Å². The predicted octanol–water partition coefficient (Wildman–Crippen LogP) is 1.48. The number of nitrogens with two attached hydrogens (primary N) is 1. The molecular weight excluding hydrogens is 288 g/mol. The normalized spacial score (nSPS) is 11.3. The van der Waals surface area contributed by atoms with Crippen LogP contribution in [-0.4, -0.2) is 20.1 Å². The third-order valence-corrected chi connectivity index (χ3v) is 4.47. The third-order valence-electron chi connectivity index (χ3n) is 3.08. The van der Waals surface area contributed by atoms with E-state index < -0.39 is 10.0 Å². The third kappa shape index (κ3) is 4.04. The number of benzene rings is 2. The Bertz CT molecular complexity index is 680. The zero-order valence-corrected chi connectivity index (χ0v) is 12.3. The van der Waals surface area contributed by atoms with Gasteiger partial charge in [-0.05, 0) is 41.8 Å². The van der Waals surface area contributed by atoms with Crippen LogP contribution in [0.15, 0.2) is 53.4 Å². The fraction of sp³-hybridized carbons (Fsp3) is 0.200. The van der Waals surface area contributed by atoms with E-state index in [2.05, 4.69) is 4.72 Å². The molecule has 2 rings (SSSR count). The average Bonchev–Trinajstić information content (AvgIpc) is 2.49. The van der Waals surface area contributed by atoms with Crippen LogP contribution in [-0.2, 0) is 23.0 Å². The van der Waals surface area contributed by atoms with Gasteiger partial charge in [-0.25, -0.2) is 8.42 Å². The summed E-state index contributed by atoms with van der Waals surface area (Å²) in [5.74, 6) is 0. The molecule has 0 amide bonds. The molecule has 0 heterocycles. The van der Waals surface area contributed by atoms with Crippen molar-refractivity contribution in [1.29, 1.82) is 0 Å². The highest BCUT2D eigenvalue weighted by atomic mass is 32.2. The maximum Gasteiger partial charge on any atom is 0.261 e. The van der Waals surface area contributed by atoms with Crippen LogP contribution >= 0.6 is 0 Å². The van der Waals surface area contributed by atoms with Crippen molar-refractivity contribution in [3.8, 4) is 0 Å². The monoisotopic (exact) mass is 306 g/mol. The van der Waals surface area contributed by atoms with Gasteiger partial charge in [-0.1, -0.05) is 24.3 Å². The highest BCUT2D eigenvalue weighted by molar-refractivity contribution is 7.92. The largest absolute Gasteiger partial charge is 0.396 e. The van der Waals surface area contributed by atoms with E-state index >= 15 is 0 Å². The summed E-state index contributed by atoms with van der Waals surface area (Å²) in [7, 11) is -3.60. The number of anilines is 1. The SMILES string of the molecule is NCc1ccc(S(=O)(=O)Nc2ccc(CCO)cc2)cc1. The van der Waals surface area contributed by atoms with E-state index in [1.807, 2.05) is 0 Å². The van der Waals surface area contributed by atoms with Gasteiger partial charge < -0.3 is 10.8 Å². The number of nitrogens with one attached hydrogen (secondary N) is 1. The van der Waals surface area contributed by atoms with Gasteiger partial charge in [0.25, 0.3) is 10.0 Å². The lowest BCUT2D eigenvalue weighted by atomic mass is 10.1. The first-order chi connectivity index (χ1) is 10.0. The molecule has 0 aliphatic heterocycles. The molecule has 4 N–H and O–H groups in total. The Kier molecular flexibility index (Phi) is 4.95. The quantitative estimate of drug-likeness (QED) is 0.753. The first-order valence-electron chi connectivity index (χ1n) is 6.57. The van der Waals surface area contributed by atoms with E-state index in [-0.39, 0.29) is 11.5 Å². The summed E-state index contributed by atoms with van der Waals surface area (Å²) in [6.45, 7) is 0.443. The maximum atomic E-state index is 12.2. The zero-order chi connectivity index (χ0) is 15.3. The Balaban J connectivity index is 2.16. The van der Waals surface area contributed by atoms with Crippen LogP contribution in [0.3, 0.4) is 0 Å². The lowest BCUT2D eigenvalue weighted by Gasteiger charge is -2.09. The van der Waals surface area contributed by atoms with Crippen LogP contribution in [0.4, 0.5) is 5.69 Å². The van der Waals surface area contributed by atoms with Crippen molar-refractivity contribution in [2.24, 2.45) is 5.73 Å². The second kappa shape index (κ2) is 6.71. The Labute approximate surface area is 124 Å². The minimum Gasteiger partial charge on any atom is -0.396 e. The van der Waals surface area contributed by atoms with Crippen molar-refractivity contribution < 1.29 is 13.5 Å². The smallest absolute Gasteiger partial charge is 0.261 e. The molecular formula is C15H18N2O3S.